The lowest BCUT2D eigenvalue weighted by Gasteiger charge is -2.24. The van der Waals surface area contributed by atoms with Gasteiger partial charge in [-0.1, -0.05) is 47.6 Å². The summed E-state index contributed by atoms with van der Waals surface area (Å²) < 4.78 is 24.8. The van der Waals surface area contributed by atoms with Crippen LogP contribution in [0.1, 0.15) is 13.8 Å². The Bertz CT molecular complexity index is 777. The molecule has 0 spiro atoms. The van der Waals surface area contributed by atoms with Crippen molar-refractivity contribution in [1.82, 2.24) is 0 Å². The Kier molecular flexibility index (Phi) is 4.59. The SMILES string of the molecule is CC(C)C(=O)N=C1S[C@@H]2CS(=O)(=O)C[C@@H]2N1c1cccc(Br)c1. The van der Waals surface area contributed by atoms with Crippen LogP contribution in [0.25, 0.3) is 0 Å². The number of benzene rings is 1. The summed E-state index contributed by atoms with van der Waals surface area (Å²) in [5.41, 5.74) is 0.854. The van der Waals surface area contributed by atoms with Gasteiger partial charge in [-0.2, -0.15) is 4.99 Å². The maximum absolute atomic E-state index is 12.0. The molecule has 0 N–H and O–H groups in total. The van der Waals surface area contributed by atoms with E-state index in [1.807, 2.05) is 29.2 Å². The fourth-order valence-electron chi connectivity index (χ4n) is 2.72. The van der Waals surface area contributed by atoms with E-state index >= 15 is 0 Å². The highest BCUT2D eigenvalue weighted by Crippen LogP contribution is 2.41. The van der Waals surface area contributed by atoms with Crippen LogP contribution >= 0.6 is 27.7 Å². The Morgan fingerprint density at radius 1 is 1.39 bits per heavy atom. The number of rotatable bonds is 2. The van der Waals surface area contributed by atoms with Gasteiger partial charge < -0.3 is 4.90 Å². The molecule has 1 aromatic rings. The quantitative estimate of drug-likeness (QED) is 0.741. The summed E-state index contributed by atoms with van der Waals surface area (Å²) in [4.78, 5) is 18.2. The highest BCUT2D eigenvalue weighted by molar-refractivity contribution is 9.10. The van der Waals surface area contributed by atoms with Crippen molar-refractivity contribution in [3.63, 3.8) is 0 Å². The third-order valence-corrected chi connectivity index (χ3v) is 7.56. The lowest BCUT2D eigenvalue weighted by molar-refractivity contribution is -0.120. The first kappa shape index (κ1) is 17.0. The first-order valence-corrected chi connectivity index (χ1v) is 10.8. The molecule has 2 aliphatic rings. The third kappa shape index (κ3) is 3.49. The molecule has 8 heteroatoms. The molecular weight excluding hydrogens is 400 g/mol. The molecule has 3 rings (SSSR count). The first-order valence-electron chi connectivity index (χ1n) is 7.31. The van der Waals surface area contributed by atoms with Crippen molar-refractivity contribution in [1.29, 1.82) is 0 Å². The number of nitrogens with zero attached hydrogens (tertiary/aromatic N) is 2. The predicted molar refractivity (Wildman–Crippen MR) is 97.7 cm³/mol. The van der Waals surface area contributed by atoms with Gasteiger partial charge in [0.1, 0.15) is 0 Å². The zero-order valence-electron chi connectivity index (χ0n) is 12.8. The van der Waals surface area contributed by atoms with Gasteiger partial charge in [0.05, 0.1) is 17.5 Å². The van der Waals surface area contributed by atoms with Crippen LogP contribution in [0, 0.1) is 5.92 Å². The van der Waals surface area contributed by atoms with Gasteiger partial charge in [0.25, 0.3) is 5.91 Å². The molecule has 0 radical (unpaired) electrons. The van der Waals surface area contributed by atoms with Crippen molar-refractivity contribution in [3.8, 4) is 0 Å². The molecular formula is C15H17BrN2O3S2. The number of aliphatic imine (C=N–C) groups is 1. The molecule has 23 heavy (non-hydrogen) atoms. The molecule has 0 saturated carbocycles. The maximum Gasteiger partial charge on any atom is 0.250 e. The average molecular weight is 417 g/mol. The summed E-state index contributed by atoms with van der Waals surface area (Å²) in [5.74, 6) is -0.125. The highest BCUT2D eigenvalue weighted by atomic mass is 79.9. The van der Waals surface area contributed by atoms with Gasteiger partial charge in [-0.15, -0.1) is 0 Å². The summed E-state index contributed by atoms with van der Waals surface area (Å²) >= 11 is 4.84. The van der Waals surface area contributed by atoms with E-state index in [1.165, 1.54) is 11.8 Å². The number of amides is 1. The Balaban J connectivity index is 2.02. The molecule has 2 heterocycles. The van der Waals surface area contributed by atoms with E-state index in [1.54, 1.807) is 13.8 Å². The largest absolute Gasteiger partial charge is 0.316 e. The summed E-state index contributed by atoms with van der Waals surface area (Å²) in [5, 5.41) is 0.532. The number of hydrogen-bond donors (Lipinski definition) is 0. The van der Waals surface area contributed by atoms with Gasteiger partial charge >= 0.3 is 0 Å². The number of thioether (sulfide) groups is 1. The number of fused-ring (bicyclic) bond motifs is 1. The van der Waals surface area contributed by atoms with Gasteiger partial charge in [-0.3, -0.25) is 4.79 Å². The molecule has 124 valence electrons. The number of carbonyl (C=O) groups is 1. The van der Waals surface area contributed by atoms with E-state index in [9.17, 15) is 13.2 Å². The second kappa shape index (κ2) is 6.22. The summed E-state index contributed by atoms with van der Waals surface area (Å²) in [6.45, 7) is 3.61. The fraction of sp³-hybridized carbons (Fsp3) is 0.467. The predicted octanol–water partition coefficient (Wildman–Crippen LogP) is 2.71. The van der Waals surface area contributed by atoms with E-state index in [0.29, 0.717) is 5.17 Å². The number of sulfone groups is 1. The molecule has 0 bridgehead atoms. The van der Waals surface area contributed by atoms with Gasteiger partial charge in [-0.05, 0) is 18.2 Å². The first-order chi connectivity index (χ1) is 10.8. The van der Waals surface area contributed by atoms with Crippen LogP contribution in [0.3, 0.4) is 0 Å². The number of halogens is 1. The minimum atomic E-state index is -3.04. The molecule has 0 unspecified atom stereocenters. The van der Waals surface area contributed by atoms with E-state index in [4.69, 9.17) is 0 Å². The molecule has 1 aromatic carbocycles. The third-order valence-electron chi connectivity index (χ3n) is 3.85. The van der Waals surface area contributed by atoms with Crippen LogP contribution < -0.4 is 4.90 Å². The Morgan fingerprint density at radius 2 is 2.13 bits per heavy atom. The zero-order valence-corrected chi connectivity index (χ0v) is 16.0. The lowest BCUT2D eigenvalue weighted by atomic mass is 10.2. The molecule has 0 aliphatic carbocycles. The monoisotopic (exact) mass is 416 g/mol. The Labute approximate surface area is 148 Å². The van der Waals surface area contributed by atoms with Crippen LogP contribution in [0.2, 0.25) is 0 Å². The number of hydrogen-bond acceptors (Lipinski definition) is 4. The van der Waals surface area contributed by atoms with Crippen LogP contribution in [-0.4, -0.2) is 42.3 Å². The summed E-state index contributed by atoms with van der Waals surface area (Å²) in [6.07, 6.45) is 0. The zero-order chi connectivity index (χ0) is 16.8. The number of amidine groups is 1. The fourth-order valence-corrected chi connectivity index (χ4v) is 7.02. The van der Waals surface area contributed by atoms with Crippen molar-refractivity contribution in [2.24, 2.45) is 10.9 Å². The molecule has 2 saturated heterocycles. The standard InChI is InChI=1S/C15H17BrN2O3S2/c1-9(2)14(19)17-15-18(11-5-3-4-10(16)6-11)12-7-23(20,21)8-13(12)22-15/h3-6,9,12-13H,7-8H2,1-2H3/t12-,13+/m0/s1. The van der Waals surface area contributed by atoms with Crippen molar-refractivity contribution >= 4 is 54.3 Å². The molecule has 0 aromatic heterocycles. The van der Waals surface area contributed by atoms with Gasteiger partial charge in [0, 0.05) is 21.3 Å². The second-order valence-electron chi connectivity index (χ2n) is 6.04. The molecule has 2 fully saturated rings. The summed E-state index contributed by atoms with van der Waals surface area (Å²) in [6, 6.07) is 7.46. The summed E-state index contributed by atoms with van der Waals surface area (Å²) in [7, 11) is -3.04. The maximum atomic E-state index is 12.0. The van der Waals surface area contributed by atoms with Crippen molar-refractivity contribution in [2.45, 2.75) is 25.1 Å². The minimum Gasteiger partial charge on any atom is -0.316 e. The van der Waals surface area contributed by atoms with Crippen molar-refractivity contribution < 1.29 is 13.2 Å². The average Bonchev–Trinajstić information content (AvgIpc) is 2.89. The Hall–Kier alpha value is -0.860. The van der Waals surface area contributed by atoms with Crippen LogP contribution in [-0.2, 0) is 14.6 Å². The lowest BCUT2D eigenvalue weighted by Crippen LogP contribution is -2.37. The van der Waals surface area contributed by atoms with E-state index < -0.39 is 9.84 Å². The van der Waals surface area contributed by atoms with Gasteiger partial charge in [0.15, 0.2) is 15.0 Å². The smallest absolute Gasteiger partial charge is 0.250 e. The van der Waals surface area contributed by atoms with E-state index in [0.717, 1.165) is 10.2 Å². The molecule has 2 aliphatic heterocycles. The topological polar surface area (TPSA) is 66.8 Å². The normalized spacial score (nSPS) is 27.7. The van der Waals surface area contributed by atoms with Crippen molar-refractivity contribution in [3.05, 3.63) is 28.7 Å². The molecule has 1 amide bonds. The second-order valence-corrected chi connectivity index (χ2v) is 10.3. The Morgan fingerprint density at radius 3 is 2.78 bits per heavy atom. The molecule has 5 nitrogen and oxygen atoms in total. The minimum absolute atomic E-state index is 0.0716. The number of carbonyl (C=O) groups excluding carboxylic acids is 1. The number of anilines is 1. The van der Waals surface area contributed by atoms with Crippen LogP contribution in [0.4, 0.5) is 5.69 Å². The van der Waals surface area contributed by atoms with E-state index in [2.05, 4.69) is 20.9 Å². The van der Waals surface area contributed by atoms with Gasteiger partial charge in [-0.25, -0.2) is 8.42 Å². The van der Waals surface area contributed by atoms with Crippen molar-refractivity contribution in [2.75, 3.05) is 16.4 Å². The van der Waals surface area contributed by atoms with Gasteiger partial charge in [0.2, 0.25) is 0 Å². The highest BCUT2D eigenvalue weighted by Gasteiger charge is 2.49. The van der Waals surface area contributed by atoms with Crippen LogP contribution in [0.15, 0.2) is 33.7 Å². The van der Waals surface area contributed by atoms with E-state index in [-0.39, 0.29) is 34.6 Å². The molecule has 2 atom stereocenters. The van der Waals surface area contributed by atoms with Crippen LogP contribution in [0.5, 0.6) is 0 Å².